The molecule has 0 unspecified atom stereocenters. The second kappa shape index (κ2) is 9.46. The summed E-state index contributed by atoms with van der Waals surface area (Å²) in [5.41, 5.74) is 3.25. The van der Waals surface area contributed by atoms with Gasteiger partial charge in [-0.15, -0.1) is 0 Å². The SMILES string of the molecule is COCCCNC(=O)C1CCN(c2cc(-c3ccc(C)cc3)ncn2)CC1. The van der Waals surface area contributed by atoms with Crippen molar-refractivity contribution < 1.29 is 9.53 Å². The maximum Gasteiger partial charge on any atom is 0.223 e. The fraction of sp³-hybridized carbons (Fsp3) is 0.476. The highest BCUT2D eigenvalue weighted by molar-refractivity contribution is 5.79. The number of carbonyl (C=O) groups is 1. The number of nitrogens with zero attached hydrogens (tertiary/aromatic N) is 3. The molecule has 0 saturated carbocycles. The monoisotopic (exact) mass is 368 g/mol. The number of rotatable bonds is 7. The van der Waals surface area contributed by atoms with Gasteiger partial charge in [-0.2, -0.15) is 0 Å². The number of anilines is 1. The van der Waals surface area contributed by atoms with Crippen molar-refractivity contribution in [2.24, 2.45) is 5.92 Å². The third kappa shape index (κ3) is 5.26. The van der Waals surface area contributed by atoms with Crippen molar-refractivity contribution in [2.45, 2.75) is 26.2 Å². The van der Waals surface area contributed by atoms with Crippen LogP contribution in [0.1, 0.15) is 24.8 Å². The lowest BCUT2D eigenvalue weighted by molar-refractivity contribution is -0.125. The van der Waals surface area contributed by atoms with Gasteiger partial charge in [-0.05, 0) is 26.2 Å². The minimum Gasteiger partial charge on any atom is -0.385 e. The Balaban J connectivity index is 1.56. The summed E-state index contributed by atoms with van der Waals surface area (Å²) in [7, 11) is 1.68. The van der Waals surface area contributed by atoms with Crippen LogP contribution in [-0.2, 0) is 9.53 Å². The van der Waals surface area contributed by atoms with Gasteiger partial charge in [0.2, 0.25) is 5.91 Å². The number of benzene rings is 1. The molecule has 1 aromatic carbocycles. The van der Waals surface area contributed by atoms with Gasteiger partial charge in [0, 0.05) is 50.9 Å². The Hall–Kier alpha value is -2.47. The molecule has 0 radical (unpaired) electrons. The molecule has 6 nitrogen and oxygen atoms in total. The molecular weight excluding hydrogens is 340 g/mol. The minimum atomic E-state index is 0.0854. The van der Waals surface area contributed by atoms with Crippen molar-refractivity contribution in [1.82, 2.24) is 15.3 Å². The Kier molecular flexibility index (Phi) is 6.76. The molecule has 0 bridgehead atoms. The number of aromatic nitrogens is 2. The Bertz CT molecular complexity index is 740. The maximum atomic E-state index is 12.3. The van der Waals surface area contributed by atoms with Gasteiger partial charge in [-0.1, -0.05) is 29.8 Å². The molecular formula is C21H28N4O2. The molecule has 1 saturated heterocycles. The number of carbonyl (C=O) groups excluding carboxylic acids is 1. The third-order valence-corrected chi connectivity index (χ3v) is 5.01. The van der Waals surface area contributed by atoms with Crippen LogP contribution < -0.4 is 10.2 Å². The summed E-state index contributed by atoms with van der Waals surface area (Å²) in [6.45, 7) is 5.10. The van der Waals surface area contributed by atoms with Gasteiger partial charge < -0.3 is 15.0 Å². The molecule has 6 heteroatoms. The standard InChI is InChI=1S/C21H28N4O2/c1-16-4-6-17(7-5-16)19-14-20(24-15-23-19)25-11-8-18(9-12-25)21(26)22-10-3-13-27-2/h4-7,14-15,18H,3,8-13H2,1-2H3,(H,22,26). The number of nitrogens with one attached hydrogen (secondary N) is 1. The van der Waals surface area contributed by atoms with Gasteiger partial charge in [0.25, 0.3) is 0 Å². The van der Waals surface area contributed by atoms with E-state index in [1.165, 1.54) is 5.56 Å². The molecule has 0 aliphatic carbocycles. The number of piperidine rings is 1. The van der Waals surface area contributed by atoms with E-state index in [1.807, 2.05) is 6.07 Å². The van der Waals surface area contributed by atoms with Crippen LogP contribution in [0.2, 0.25) is 0 Å². The molecule has 27 heavy (non-hydrogen) atoms. The predicted octanol–water partition coefficient (Wildman–Crippen LogP) is 2.82. The molecule has 2 aromatic rings. The van der Waals surface area contributed by atoms with Crippen LogP contribution in [-0.4, -0.2) is 49.2 Å². The number of ether oxygens (including phenoxy) is 1. The van der Waals surface area contributed by atoms with Crippen LogP contribution in [0.4, 0.5) is 5.82 Å². The molecule has 0 spiro atoms. The molecule has 0 atom stereocenters. The van der Waals surface area contributed by atoms with E-state index in [9.17, 15) is 4.79 Å². The number of aryl methyl sites for hydroxylation is 1. The summed E-state index contributed by atoms with van der Waals surface area (Å²) in [5.74, 6) is 1.18. The fourth-order valence-corrected chi connectivity index (χ4v) is 3.35. The first-order chi connectivity index (χ1) is 13.2. The van der Waals surface area contributed by atoms with E-state index in [1.54, 1.807) is 13.4 Å². The topological polar surface area (TPSA) is 67.3 Å². The molecule has 3 rings (SSSR count). The third-order valence-electron chi connectivity index (χ3n) is 5.01. The lowest BCUT2D eigenvalue weighted by atomic mass is 9.96. The second-order valence-corrected chi connectivity index (χ2v) is 7.03. The van der Waals surface area contributed by atoms with Crippen molar-refractivity contribution in [3.8, 4) is 11.3 Å². The van der Waals surface area contributed by atoms with Gasteiger partial charge in [-0.3, -0.25) is 4.79 Å². The highest BCUT2D eigenvalue weighted by atomic mass is 16.5. The van der Waals surface area contributed by atoms with Crippen molar-refractivity contribution in [3.05, 3.63) is 42.2 Å². The zero-order chi connectivity index (χ0) is 19.1. The van der Waals surface area contributed by atoms with E-state index in [2.05, 4.69) is 51.4 Å². The van der Waals surface area contributed by atoms with Gasteiger partial charge in [0.15, 0.2) is 0 Å². The Morgan fingerprint density at radius 1 is 1.22 bits per heavy atom. The van der Waals surface area contributed by atoms with Crippen LogP contribution in [0.5, 0.6) is 0 Å². The number of amides is 1. The number of methoxy groups -OCH3 is 1. The first-order valence-corrected chi connectivity index (χ1v) is 9.58. The van der Waals surface area contributed by atoms with E-state index < -0.39 is 0 Å². The molecule has 1 aromatic heterocycles. The lowest BCUT2D eigenvalue weighted by Crippen LogP contribution is -2.41. The van der Waals surface area contributed by atoms with Crippen LogP contribution in [0.3, 0.4) is 0 Å². The molecule has 2 heterocycles. The van der Waals surface area contributed by atoms with Gasteiger partial charge in [0.1, 0.15) is 12.1 Å². The molecule has 1 aliphatic rings. The Morgan fingerprint density at radius 3 is 2.67 bits per heavy atom. The summed E-state index contributed by atoms with van der Waals surface area (Å²) in [6.07, 6.45) is 4.17. The van der Waals surface area contributed by atoms with Gasteiger partial charge in [0.05, 0.1) is 5.69 Å². The highest BCUT2D eigenvalue weighted by Gasteiger charge is 2.25. The molecule has 144 valence electrons. The van der Waals surface area contributed by atoms with E-state index in [-0.39, 0.29) is 11.8 Å². The summed E-state index contributed by atoms with van der Waals surface area (Å²) in [5, 5.41) is 3.01. The molecule has 1 fully saturated rings. The van der Waals surface area contributed by atoms with E-state index in [0.717, 1.165) is 49.4 Å². The summed E-state index contributed by atoms with van der Waals surface area (Å²) in [6, 6.07) is 10.4. The van der Waals surface area contributed by atoms with Gasteiger partial charge >= 0.3 is 0 Å². The zero-order valence-electron chi connectivity index (χ0n) is 16.1. The zero-order valence-corrected chi connectivity index (χ0v) is 16.1. The van der Waals surface area contributed by atoms with Gasteiger partial charge in [-0.25, -0.2) is 9.97 Å². The normalized spacial score (nSPS) is 15.0. The van der Waals surface area contributed by atoms with Crippen molar-refractivity contribution >= 4 is 11.7 Å². The summed E-state index contributed by atoms with van der Waals surface area (Å²) >= 11 is 0. The van der Waals surface area contributed by atoms with Crippen LogP contribution in [0, 0.1) is 12.8 Å². The lowest BCUT2D eigenvalue weighted by Gasteiger charge is -2.32. The van der Waals surface area contributed by atoms with Crippen molar-refractivity contribution in [2.75, 3.05) is 38.3 Å². The average Bonchev–Trinajstić information content (AvgIpc) is 2.72. The number of hydrogen-bond acceptors (Lipinski definition) is 5. The quantitative estimate of drug-likeness (QED) is 0.761. The fourth-order valence-electron chi connectivity index (χ4n) is 3.35. The first kappa shape index (κ1) is 19.3. The molecule has 1 amide bonds. The van der Waals surface area contributed by atoms with E-state index in [4.69, 9.17) is 4.74 Å². The summed E-state index contributed by atoms with van der Waals surface area (Å²) < 4.78 is 5.01. The largest absolute Gasteiger partial charge is 0.385 e. The summed E-state index contributed by atoms with van der Waals surface area (Å²) in [4.78, 5) is 23.4. The van der Waals surface area contributed by atoms with Crippen LogP contribution in [0.25, 0.3) is 11.3 Å². The maximum absolute atomic E-state index is 12.3. The Morgan fingerprint density at radius 2 is 1.96 bits per heavy atom. The predicted molar refractivity (Wildman–Crippen MR) is 107 cm³/mol. The Labute approximate surface area is 161 Å². The molecule has 1 N–H and O–H groups in total. The van der Waals surface area contributed by atoms with E-state index >= 15 is 0 Å². The number of hydrogen-bond donors (Lipinski definition) is 1. The first-order valence-electron chi connectivity index (χ1n) is 9.58. The van der Waals surface area contributed by atoms with E-state index in [0.29, 0.717) is 13.2 Å². The smallest absolute Gasteiger partial charge is 0.223 e. The second-order valence-electron chi connectivity index (χ2n) is 7.03. The van der Waals surface area contributed by atoms with Crippen molar-refractivity contribution in [3.63, 3.8) is 0 Å². The van der Waals surface area contributed by atoms with Crippen molar-refractivity contribution in [1.29, 1.82) is 0 Å². The highest BCUT2D eigenvalue weighted by Crippen LogP contribution is 2.25. The average molecular weight is 368 g/mol. The van der Waals surface area contributed by atoms with Crippen LogP contribution in [0.15, 0.2) is 36.7 Å². The minimum absolute atomic E-state index is 0.0854. The molecule has 1 aliphatic heterocycles. The van der Waals surface area contributed by atoms with Crippen LogP contribution >= 0.6 is 0 Å².